The first kappa shape index (κ1) is 15.8. The van der Waals surface area contributed by atoms with Crippen LogP contribution in [0.15, 0.2) is 33.4 Å². The van der Waals surface area contributed by atoms with Gasteiger partial charge in [-0.2, -0.15) is 13.8 Å². The highest BCUT2D eigenvalue weighted by Crippen LogP contribution is 2.42. The highest BCUT2D eigenvalue weighted by Gasteiger charge is 2.15. The summed E-state index contributed by atoms with van der Waals surface area (Å²) in [5, 5.41) is 0.770. The van der Waals surface area contributed by atoms with E-state index < -0.39 is 6.61 Å². The van der Waals surface area contributed by atoms with Crippen LogP contribution in [0.2, 0.25) is 0 Å². The Labute approximate surface area is 138 Å². The Bertz CT molecular complexity index is 869. The molecule has 2 heterocycles. The Balaban J connectivity index is 1.96. The summed E-state index contributed by atoms with van der Waals surface area (Å²) in [5.41, 5.74) is 12.5. The number of alkyl halides is 2. The molecule has 120 valence electrons. The monoisotopic (exact) mass is 354 g/mol. The summed E-state index contributed by atoms with van der Waals surface area (Å²) < 4.78 is 30.0. The highest BCUT2D eigenvalue weighted by molar-refractivity contribution is 8.01. The molecule has 0 saturated carbocycles. The predicted octanol–water partition coefficient (Wildman–Crippen LogP) is 3.92. The number of benzene rings is 1. The zero-order valence-corrected chi connectivity index (χ0v) is 13.5. The number of halogens is 2. The van der Waals surface area contributed by atoms with Crippen LogP contribution >= 0.6 is 23.1 Å². The Hall–Kier alpha value is -2.13. The minimum absolute atomic E-state index is 0.118. The molecule has 0 saturated heterocycles. The molecule has 0 aliphatic heterocycles. The van der Waals surface area contributed by atoms with Gasteiger partial charge in [-0.05, 0) is 30.7 Å². The molecule has 0 spiro atoms. The summed E-state index contributed by atoms with van der Waals surface area (Å²) in [6.07, 6.45) is 0. The van der Waals surface area contributed by atoms with Crippen LogP contribution in [0.3, 0.4) is 0 Å². The lowest BCUT2D eigenvalue weighted by atomic mass is 10.2. The molecule has 3 aromatic rings. The van der Waals surface area contributed by atoms with Gasteiger partial charge in [0.15, 0.2) is 0 Å². The minimum Gasteiger partial charge on any atom is -0.435 e. The molecule has 5 nitrogen and oxygen atoms in total. The van der Waals surface area contributed by atoms with Gasteiger partial charge in [0.05, 0.1) is 9.60 Å². The first-order chi connectivity index (χ1) is 10.9. The number of hydrogen-bond acceptors (Lipinski definition) is 7. The van der Waals surface area contributed by atoms with E-state index in [-0.39, 0.29) is 11.7 Å². The maximum absolute atomic E-state index is 12.3. The highest BCUT2D eigenvalue weighted by atomic mass is 32.2. The lowest BCUT2D eigenvalue weighted by Crippen LogP contribution is -2.01. The third-order valence-corrected chi connectivity index (χ3v) is 5.49. The van der Waals surface area contributed by atoms with Gasteiger partial charge in [0, 0.05) is 4.90 Å². The number of thiophene rings is 1. The topological polar surface area (TPSA) is 87.0 Å². The number of aromatic nitrogens is 2. The zero-order valence-electron chi connectivity index (χ0n) is 11.9. The number of aryl methyl sites for hydroxylation is 1. The van der Waals surface area contributed by atoms with Crippen LogP contribution < -0.4 is 16.2 Å². The molecule has 0 aliphatic carbocycles. The molecule has 2 aromatic heterocycles. The van der Waals surface area contributed by atoms with Crippen molar-refractivity contribution in [3.8, 4) is 5.75 Å². The van der Waals surface area contributed by atoms with E-state index in [9.17, 15) is 8.78 Å². The van der Waals surface area contributed by atoms with Crippen molar-refractivity contribution in [2.24, 2.45) is 0 Å². The van der Waals surface area contributed by atoms with Crippen molar-refractivity contribution in [3.05, 3.63) is 29.8 Å². The van der Waals surface area contributed by atoms with Gasteiger partial charge in [-0.1, -0.05) is 17.8 Å². The third-order valence-electron chi connectivity index (χ3n) is 3.03. The number of nitrogens with zero attached hydrogens (tertiary/aromatic N) is 2. The van der Waals surface area contributed by atoms with E-state index in [1.807, 2.05) is 13.0 Å². The molecule has 4 N–H and O–H groups in total. The van der Waals surface area contributed by atoms with Gasteiger partial charge in [0.25, 0.3) is 0 Å². The number of hydrogen-bond donors (Lipinski definition) is 2. The summed E-state index contributed by atoms with van der Waals surface area (Å²) in [5.74, 6) is 0.579. The van der Waals surface area contributed by atoms with E-state index in [1.54, 1.807) is 12.1 Å². The Kier molecular flexibility index (Phi) is 4.22. The number of nitrogen functional groups attached to an aromatic ring is 2. The van der Waals surface area contributed by atoms with E-state index in [4.69, 9.17) is 11.5 Å². The maximum atomic E-state index is 12.3. The van der Waals surface area contributed by atoms with Crippen LogP contribution in [0.1, 0.15) is 5.56 Å². The first-order valence-electron chi connectivity index (χ1n) is 6.49. The molecule has 0 fully saturated rings. The van der Waals surface area contributed by atoms with Crippen LogP contribution in [-0.2, 0) is 0 Å². The van der Waals surface area contributed by atoms with Gasteiger partial charge in [0.2, 0.25) is 5.95 Å². The number of anilines is 2. The second-order valence-electron chi connectivity index (χ2n) is 4.62. The summed E-state index contributed by atoms with van der Waals surface area (Å²) >= 11 is 2.85. The predicted molar refractivity (Wildman–Crippen MR) is 88.2 cm³/mol. The van der Waals surface area contributed by atoms with Crippen molar-refractivity contribution in [1.29, 1.82) is 0 Å². The van der Waals surface area contributed by atoms with Gasteiger partial charge >= 0.3 is 6.61 Å². The SMILES string of the molecule is Cc1c(Sc2cccc(OC(F)F)c2)sc2nc(N)nc(N)c12. The summed E-state index contributed by atoms with van der Waals surface area (Å²) in [4.78, 5) is 9.63. The van der Waals surface area contributed by atoms with Crippen LogP contribution in [0, 0.1) is 6.92 Å². The van der Waals surface area contributed by atoms with Crippen molar-refractivity contribution < 1.29 is 13.5 Å². The van der Waals surface area contributed by atoms with E-state index in [1.165, 1.54) is 29.2 Å². The maximum Gasteiger partial charge on any atom is 0.387 e. The van der Waals surface area contributed by atoms with Crippen LogP contribution in [0.25, 0.3) is 10.2 Å². The van der Waals surface area contributed by atoms with Gasteiger partial charge < -0.3 is 16.2 Å². The van der Waals surface area contributed by atoms with Crippen LogP contribution in [0.4, 0.5) is 20.5 Å². The van der Waals surface area contributed by atoms with E-state index in [0.29, 0.717) is 10.6 Å². The van der Waals surface area contributed by atoms with Crippen molar-refractivity contribution in [1.82, 2.24) is 9.97 Å². The number of fused-ring (bicyclic) bond motifs is 1. The molecule has 0 aliphatic rings. The zero-order chi connectivity index (χ0) is 16.6. The lowest BCUT2D eigenvalue weighted by molar-refractivity contribution is -0.0499. The second kappa shape index (κ2) is 6.17. The van der Waals surface area contributed by atoms with Crippen molar-refractivity contribution in [2.75, 3.05) is 11.5 Å². The fourth-order valence-electron chi connectivity index (χ4n) is 2.08. The van der Waals surface area contributed by atoms with Crippen LogP contribution in [0.5, 0.6) is 5.75 Å². The number of ether oxygens (including phenoxy) is 1. The van der Waals surface area contributed by atoms with E-state index in [0.717, 1.165) is 20.1 Å². The number of rotatable bonds is 4. The molecule has 9 heteroatoms. The standard InChI is InChI=1S/C14H12F2N4OS2/c1-6-9-10(17)19-14(18)20-11(9)23-12(6)22-8-4-2-3-7(5-8)21-13(15)16/h2-5,13H,1H3,(H4,17,18,19,20). The molecule has 0 atom stereocenters. The summed E-state index contributed by atoms with van der Waals surface area (Å²) in [7, 11) is 0. The first-order valence-corrected chi connectivity index (χ1v) is 8.12. The van der Waals surface area contributed by atoms with Gasteiger partial charge in [-0.3, -0.25) is 0 Å². The van der Waals surface area contributed by atoms with Gasteiger partial charge in [-0.25, -0.2) is 4.98 Å². The fourth-order valence-corrected chi connectivity index (χ4v) is 4.50. The quantitative estimate of drug-likeness (QED) is 0.738. The molecule has 0 radical (unpaired) electrons. The smallest absolute Gasteiger partial charge is 0.387 e. The summed E-state index contributed by atoms with van der Waals surface area (Å²) in [6.45, 7) is -0.935. The molecule has 0 unspecified atom stereocenters. The lowest BCUT2D eigenvalue weighted by Gasteiger charge is -2.06. The molecular weight excluding hydrogens is 342 g/mol. The third kappa shape index (κ3) is 3.30. The van der Waals surface area contributed by atoms with Crippen LogP contribution in [-0.4, -0.2) is 16.6 Å². The summed E-state index contributed by atoms with van der Waals surface area (Å²) in [6, 6.07) is 6.52. The van der Waals surface area contributed by atoms with E-state index in [2.05, 4.69) is 14.7 Å². The van der Waals surface area contributed by atoms with Crippen molar-refractivity contribution >= 4 is 45.1 Å². The van der Waals surface area contributed by atoms with E-state index >= 15 is 0 Å². The van der Waals surface area contributed by atoms with Gasteiger partial charge in [0.1, 0.15) is 16.4 Å². The molecule has 1 aromatic carbocycles. The largest absolute Gasteiger partial charge is 0.435 e. The normalized spacial score (nSPS) is 11.3. The second-order valence-corrected chi connectivity index (χ2v) is 6.96. The number of nitrogens with two attached hydrogens (primary N) is 2. The molecule has 0 amide bonds. The minimum atomic E-state index is -2.85. The Morgan fingerprint density at radius 2 is 2.04 bits per heavy atom. The van der Waals surface area contributed by atoms with Crippen molar-refractivity contribution in [3.63, 3.8) is 0 Å². The molecular formula is C14H12F2N4OS2. The average Bonchev–Trinajstić information content (AvgIpc) is 2.74. The molecule has 23 heavy (non-hydrogen) atoms. The molecule has 0 bridgehead atoms. The Morgan fingerprint density at radius 1 is 1.26 bits per heavy atom. The average molecular weight is 354 g/mol. The van der Waals surface area contributed by atoms with Gasteiger partial charge in [-0.15, -0.1) is 11.3 Å². The van der Waals surface area contributed by atoms with Crippen molar-refractivity contribution in [2.45, 2.75) is 22.6 Å². The Morgan fingerprint density at radius 3 is 2.78 bits per heavy atom. The fraction of sp³-hybridized carbons (Fsp3) is 0.143. The molecule has 3 rings (SSSR count).